The zero-order valence-corrected chi connectivity index (χ0v) is 13.2. The Labute approximate surface area is 138 Å². The van der Waals surface area contributed by atoms with Gasteiger partial charge in [0.25, 0.3) is 11.6 Å². The Morgan fingerprint density at radius 2 is 2.00 bits per heavy atom. The Kier molecular flexibility index (Phi) is 4.45. The number of nitro groups is 1. The number of nitro benzene ring substituents is 1. The first-order chi connectivity index (χ1) is 11.6. The van der Waals surface area contributed by atoms with Crippen LogP contribution in [0, 0.1) is 17.0 Å². The van der Waals surface area contributed by atoms with Crippen molar-refractivity contribution in [2.24, 2.45) is 0 Å². The molecule has 1 aliphatic heterocycles. The summed E-state index contributed by atoms with van der Waals surface area (Å²) in [6.07, 6.45) is 1.99. The fourth-order valence-corrected chi connectivity index (χ4v) is 2.62. The number of carbonyl (C=O) groups is 1. The molecule has 0 saturated carbocycles. The van der Waals surface area contributed by atoms with Crippen molar-refractivity contribution in [3.63, 3.8) is 0 Å². The number of likely N-dealkylation sites (tertiary alicyclic amines) is 1. The van der Waals surface area contributed by atoms with Gasteiger partial charge in [0.05, 0.1) is 10.5 Å². The van der Waals surface area contributed by atoms with Crippen LogP contribution in [0.2, 0.25) is 0 Å². The molecule has 0 N–H and O–H groups in total. The number of aryl methyl sites for hydroxylation is 1. The van der Waals surface area contributed by atoms with E-state index >= 15 is 0 Å². The van der Waals surface area contributed by atoms with E-state index in [1.165, 1.54) is 24.3 Å². The van der Waals surface area contributed by atoms with Crippen LogP contribution in [0.5, 0.6) is 5.75 Å². The van der Waals surface area contributed by atoms with Crippen molar-refractivity contribution in [3.8, 4) is 5.75 Å². The highest BCUT2D eigenvalue weighted by atomic mass is 16.6. The summed E-state index contributed by atoms with van der Waals surface area (Å²) in [5.41, 5.74) is 0.870. The minimum absolute atomic E-state index is 0.00610. The molecule has 3 rings (SSSR count). The van der Waals surface area contributed by atoms with E-state index in [0.29, 0.717) is 17.1 Å². The molecule has 0 aliphatic carbocycles. The number of carbonyl (C=O) groups excluding carboxylic acids is 1. The summed E-state index contributed by atoms with van der Waals surface area (Å²) < 4.78 is 10.8. The summed E-state index contributed by atoms with van der Waals surface area (Å²) >= 11 is 0. The van der Waals surface area contributed by atoms with Gasteiger partial charge in [-0.1, -0.05) is 5.16 Å². The highest BCUT2D eigenvalue weighted by Crippen LogP contribution is 2.22. The molecule has 2 heterocycles. The number of ether oxygens (including phenoxy) is 1. The van der Waals surface area contributed by atoms with Crippen LogP contribution in [0.15, 0.2) is 28.8 Å². The summed E-state index contributed by atoms with van der Waals surface area (Å²) in [5.74, 6) is 0.854. The van der Waals surface area contributed by atoms with Crippen LogP contribution in [0.1, 0.15) is 34.7 Å². The number of amides is 1. The summed E-state index contributed by atoms with van der Waals surface area (Å²) in [6, 6.07) is 5.77. The van der Waals surface area contributed by atoms with Crippen LogP contribution in [0.3, 0.4) is 0 Å². The van der Waals surface area contributed by atoms with E-state index in [1.54, 1.807) is 11.8 Å². The van der Waals surface area contributed by atoms with Gasteiger partial charge in [-0.25, -0.2) is 0 Å². The number of nitrogens with zero attached hydrogens (tertiary/aromatic N) is 3. The number of rotatable bonds is 5. The van der Waals surface area contributed by atoms with Gasteiger partial charge in [-0.2, -0.15) is 0 Å². The predicted molar refractivity (Wildman–Crippen MR) is 83.8 cm³/mol. The molecule has 0 spiro atoms. The molecule has 8 nitrogen and oxygen atoms in total. The first-order valence-corrected chi connectivity index (χ1v) is 7.68. The fourth-order valence-electron chi connectivity index (χ4n) is 2.62. The lowest BCUT2D eigenvalue weighted by molar-refractivity contribution is -0.384. The molecule has 1 aromatic carbocycles. The molecule has 0 radical (unpaired) electrons. The third-order valence-corrected chi connectivity index (χ3v) is 4.01. The third-order valence-electron chi connectivity index (χ3n) is 4.01. The van der Waals surface area contributed by atoms with Gasteiger partial charge >= 0.3 is 0 Å². The van der Waals surface area contributed by atoms with Crippen LogP contribution in [0.4, 0.5) is 5.69 Å². The molecule has 1 aromatic heterocycles. The number of hydrogen-bond acceptors (Lipinski definition) is 6. The fraction of sp³-hybridized carbons (Fsp3) is 0.375. The minimum Gasteiger partial charge on any atom is -0.489 e. The average molecular weight is 331 g/mol. The van der Waals surface area contributed by atoms with Gasteiger partial charge in [0.1, 0.15) is 18.1 Å². The van der Waals surface area contributed by atoms with E-state index in [0.717, 1.165) is 25.9 Å². The van der Waals surface area contributed by atoms with Gasteiger partial charge in [-0.05, 0) is 31.9 Å². The van der Waals surface area contributed by atoms with Crippen LogP contribution in [-0.2, 0) is 6.61 Å². The van der Waals surface area contributed by atoms with Gasteiger partial charge in [0.2, 0.25) is 0 Å². The van der Waals surface area contributed by atoms with Crippen molar-refractivity contribution < 1.29 is 19.0 Å². The van der Waals surface area contributed by atoms with Crippen LogP contribution >= 0.6 is 0 Å². The summed E-state index contributed by atoms with van der Waals surface area (Å²) in [5, 5.41) is 14.5. The standard InChI is InChI=1S/C16H17N3O5/c1-11-14(10-23-13-6-4-12(5-7-13)19(21)22)15(17-24-11)16(20)18-8-2-3-9-18/h4-7H,2-3,8-10H2,1H3. The molecule has 2 aromatic rings. The van der Waals surface area contributed by atoms with Crippen molar-refractivity contribution in [2.45, 2.75) is 26.4 Å². The Hall–Kier alpha value is -2.90. The molecule has 1 amide bonds. The Morgan fingerprint density at radius 3 is 2.62 bits per heavy atom. The Bertz CT molecular complexity index is 748. The van der Waals surface area contributed by atoms with Crippen molar-refractivity contribution in [2.75, 3.05) is 13.1 Å². The molecule has 1 aliphatic rings. The van der Waals surface area contributed by atoms with E-state index in [1.807, 2.05) is 0 Å². The number of benzene rings is 1. The minimum atomic E-state index is -0.471. The van der Waals surface area contributed by atoms with E-state index in [4.69, 9.17) is 9.26 Å². The van der Waals surface area contributed by atoms with Gasteiger partial charge in [0, 0.05) is 25.2 Å². The normalized spacial score (nSPS) is 14.0. The number of non-ortho nitro benzene ring substituents is 1. The molecule has 0 unspecified atom stereocenters. The van der Waals surface area contributed by atoms with Crippen molar-refractivity contribution in [1.29, 1.82) is 0 Å². The molecule has 1 saturated heterocycles. The topological polar surface area (TPSA) is 98.7 Å². The van der Waals surface area contributed by atoms with E-state index < -0.39 is 4.92 Å². The van der Waals surface area contributed by atoms with Gasteiger partial charge in [-0.3, -0.25) is 14.9 Å². The number of aromatic nitrogens is 1. The SMILES string of the molecule is Cc1onc(C(=O)N2CCCC2)c1COc1ccc([N+](=O)[O-])cc1. The second-order valence-corrected chi connectivity index (χ2v) is 5.60. The Balaban J connectivity index is 1.72. The monoisotopic (exact) mass is 331 g/mol. The predicted octanol–water partition coefficient (Wildman–Crippen LogP) is 2.71. The van der Waals surface area contributed by atoms with E-state index in [-0.39, 0.29) is 23.9 Å². The zero-order chi connectivity index (χ0) is 17.1. The zero-order valence-electron chi connectivity index (χ0n) is 13.2. The van der Waals surface area contributed by atoms with Gasteiger partial charge in [0.15, 0.2) is 5.69 Å². The average Bonchev–Trinajstić information content (AvgIpc) is 3.23. The van der Waals surface area contributed by atoms with Crippen molar-refractivity contribution in [1.82, 2.24) is 10.1 Å². The van der Waals surface area contributed by atoms with Crippen molar-refractivity contribution >= 4 is 11.6 Å². The summed E-state index contributed by atoms with van der Waals surface area (Å²) in [4.78, 5) is 24.4. The van der Waals surface area contributed by atoms with Gasteiger partial charge in [-0.15, -0.1) is 0 Å². The highest BCUT2D eigenvalue weighted by Gasteiger charge is 2.26. The quantitative estimate of drug-likeness (QED) is 0.617. The smallest absolute Gasteiger partial charge is 0.276 e. The second kappa shape index (κ2) is 6.69. The Morgan fingerprint density at radius 1 is 1.33 bits per heavy atom. The number of hydrogen-bond donors (Lipinski definition) is 0. The third kappa shape index (κ3) is 3.22. The van der Waals surface area contributed by atoms with Crippen LogP contribution in [0.25, 0.3) is 0 Å². The summed E-state index contributed by atoms with van der Waals surface area (Å²) in [7, 11) is 0. The molecule has 8 heteroatoms. The molecule has 0 bridgehead atoms. The maximum Gasteiger partial charge on any atom is 0.276 e. The molecule has 0 atom stereocenters. The summed E-state index contributed by atoms with van der Waals surface area (Å²) in [6.45, 7) is 3.30. The molecular weight excluding hydrogens is 314 g/mol. The lowest BCUT2D eigenvalue weighted by Crippen LogP contribution is -2.28. The van der Waals surface area contributed by atoms with E-state index in [2.05, 4.69) is 5.16 Å². The lowest BCUT2D eigenvalue weighted by Gasteiger charge is -2.14. The molecular formula is C16H17N3O5. The molecule has 24 heavy (non-hydrogen) atoms. The van der Waals surface area contributed by atoms with E-state index in [9.17, 15) is 14.9 Å². The largest absolute Gasteiger partial charge is 0.489 e. The van der Waals surface area contributed by atoms with Crippen LogP contribution < -0.4 is 4.74 Å². The molecule has 1 fully saturated rings. The first kappa shape index (κ1) is 16.0. The van der Waals surface area contributed by atoms with Gasteiger partial charge < -0.3 is 14.2 Å². The first-order valence-electron chi connectivity index (χ1n) is 7.68. The maximum atomic E-state index is 12.5. The highest BCUT2D eigenvalue weighted by molar-refractivity contribution is 5.94. The maximum absolute atomic E-state index is 12.5. The lowest BCUT2D eigenvalue weighted by atomic mass is 10.2. The van der Waals surface area contributed by atoms with Crippen molar-refractivity contribution in [3.05, 3.63) is 51.4 Å². The van der Waals surface area contributed by atoms with Crippen LogP contribution in [-0.4, -0.2) is 34.0 Å². The second-order valence-electron chi connectivity index (χ2n) is 5.60. The molecule has 126 valence electrons.